The number of likely N-dealkylation sites (N-methyl/N-ethyl adjacent to an activating group) is 1. The summed E-state index contributed by atoms with van der Waals surface area (Å²) in [6, 6.07) is 4.76. The molecule has 0 radical (unpaired) electrons. The Morgan fingerprint density at radius 2 is 1.95 bits per heavy atom. The number of carbonyl (C=O) groups is 2. The van der Waals surface area contributed by atoms with Crippen LogP contribution in [0.4, 0.5) is 23.2 Å². The van der Waals surface area contributed by atoms with Crippen molar-refractivity contribution in [1.82, 2.24) is 5.32 Å². The van der Waals surface area contributed by atoms with E-state index in [1.807, 2.05) is 0 Å². The molecule has 116 valence electrons. The number of hydrogen-bond donors (Lipinski definition) is 1. The fraction of sp³-hybridized carbons (Fsp3) is 0.385. The number of amides is 2. The lowest BCUT2D eigenvalue weighted by Gasteiger charge is -2.22. The van der Waals surface area contributed by atoms with Crippen LogP contribution >= 0.6 is 0 Å². The van der Waals surface area contributed by atoms with Crippen LogP contribution < -0.4 is 10.2 Å². The first-order valence-corrected chi connectivity index (χ1v) is 6.06. The Morgan fingerprint density at radius 3 is 2.48 bits per heavy atom. The number of benzene rings is 1. The molecule has 0 aliphatic carbocycles. The maximum Gasteiger partial charge on any atom is 0.389 e. The van der Waals surface area contributed by atoms with Crippen LogP contribution in [0.3, 0.4) is 0 Å². The Labute approximate surface area is 118 Å². The molecule has 0 unspecified atom stereocenters. The molecule has 1 aromatic rings. The predicted molar refractivity (Wildman–Crippen MR) is 68.1 cm³/mol. The van der Waals surface area contributed by atoms with Crippen molar-refractivity contribution in [3.8, 4) is 0 Å². The highest BCUT2D eigenvalue weighted by atomic mass is 19.4. The minimum absolute atomic E-state index is 0.0331. The molecule has 1 aromatic carbocycles. The van der Waals surface area contributed by atoms with Crippen molar-refractivity contribution in [3.63, 3.8) is 0 Å². The Bertz CT molecular complexity index is 517. The lowest BCUT2D eigenvalue weighted by atomic mass is 10.2. The van der Waals surface area contributed by atoms with E-state index in [0.29, 0.717) is 0 Å². The van der Waals surface area contributed by atoms with Gasteiger partial charge in [-0.3, -0.25) is 9.59 Å². The third-order valence-corrected chi connectivity index (χ3v) is 2.62. The van der Waals surface area contributed by atoms with Gasteiger partial charge < -0.3 is 10.2 Å². The molecule has 0 aromatic heterocycles. The summed E-state index contributed by atoms with van der Waals surface area (Å²) in [5.41, 5.74) is 0.0331. The van der Waals surface area contributed by atoms with E-state index in [2.05, 4.69) is 5.32 Å². The van der Waals surface area contributed by atoms with Crippen LogP contribution in [0.1, 0.15) is 12.8 Å². The maximum atomic E-state index is 13.2. The molecule has 2 amide bonds. The number of rotatable bonds is 5. The summed E-state index contributed by atoms with van der Waals surface area (Å²) in [6.45, 7) is -0.476. The van der Waals surface area contributed by atoms with Crippen LogP contribution in [0.15, 0.2) is 24.3 Å². The molecule has 0 atom stereocenters. The smallest absolute Gasteiger partial charge is 0.358 e. The van der Waals surface area contributed by atoms with Crippen molar-refractivity contribution in [2.45, 2.75) is 19.0 Å². The first kappa shape index (κ1) is 16.9. The van der Waals surface area contributed by atoms with Crippen molar-refractivity contribution >= 4 is 17.5 Å². The Balaban J connectivity index is 2.91. The summed E-state index contributed by atoms with van der Waals surface area (Å²) in [4.78, 5) is 24.1. The predicted octanol–water partition coefficient (Wildman–Crippen LogP) is 2.25. The van der Waals surface area contributed by atoms with E-state index in [1.165, 1.54) is 19.2 Å². The van der Waals surface area contributed by atoms with Crippen molar-refractivity contribution in [1.29, 1.82) is 0 Å². The van der Waals surface area contributed by atoms with Crippen molar-refractivity contribution in [2.24, 2.45) is 0 Å². The largest absolute Gasteiger partial charge is 0.389 e. The molecule has 21 heavy (non-hydrogen) atoms. The fourth-order valence-corrected chi connectivity index (χ4v) is 1.57. The van der Waals surface area contributed by atoms with Crippen molar-refractivity contribution in [3.05, 3.63) is 30.1 Å². The molecule has 0 saturated heterocycles. The third kappa shape index (κ3) is 5.80. The van der Waals surface area contributed by atoms with E-state index in [0.717, 1.165) is 17.0 Å². The van der Waals surface area contributed by atoms with Crippen LogP contribution in [-0.2, 0) is 9.59 Å². The monoisotopic (exact) mass is 306 g/mol. The normalized spacial score (nSPS) is 11.1. The van der Waals surface area contributed by atoms with Gasteiger partial charge in [0, 0.05) is 19.2 Å². The van der Waals surface area contributed by atoms with Crippen LogP contribution in [0.5, 0.6) is 0 Å². The minimum atomic E-state index is -4.48. The number of nitrogens with zero attached hydrogens (tertiary/aromatic N) is 1. The van der Waals surface area contributed by atoms with Gasteiger partial charge in [0.25, 0.3) is 0 Å². The first-order valence-electron chi connectivity index (χ1n) is 6.06. The Kier molecular flexibility index (Phi) is 5.69. The topological polar surface area (TPSA) is 49.4 Å². The molecule has 0 spiro atoms. The Morgan fingerprint density at radius 1 is 1.29 bits per heavy atom. The molecule has 0 aliphatic heterocycles. The second kappa shape index (κ2) is 7.05. The molecule has 0 aliphatic rings. The molecule has 0 fully saturated rings. The zero-order chi connectivity index (χ0) is 16.0. The molecular weight excluding hydrogens is 292 g/mol. The van der Waals surface area contributed by atoms with Gasteiger partial charge in [-0.1, -0.05) is 6.07 Å². The van der Waals surface area contributed by atoms with E-state index in [-0.39, 0.29) is 5.69 Å². The summed E-state index contributed by atoms with van der Waals surface area (Å²) in [7, 11) is 1.33. The maximum absolute atomic E-state index is 13.2. The van der Waals surface area contributed by atoms with E-state index < -0.39 is 43.2 Å². The Hall–Kier alpha value is -2.12. The van der Waals surface area contributed by atoms with Crippen molar-refractivity contribution in [2.75, 3.05) is 18.5 Å². The summed E-state index contributed by atoms with van der Waals surface area (Å²) in [5.74, 6) is -2.13. The van der Waals surface area contributed by atoms with Crippen LogP contribution in [0.25, 0.3) is 0 Å². The average Bonchev–Trinajstić information content (AvgIpc) is 2.41. The second-order valence-electron chi connectivity index (χ2n) is 4.25. The lowest BCUT2D eigenvalue weighted by Crippen LogP contribution is -2.40. The van der Waals surface area contributed by atoms with E-state index in [4.69, 9.17) is 0 Å². The standard InChI is InChI=1S/C13H14F4N2O2/c1-18-11(20)8-19(10-4-2-3-9(14)7-10)12(21)5-6-13(15,16)17/h2-4,7H,5-6,8H2,1H3,(H,18,20). The van der Waals surface area contributed by atoms with Crippen molar-refractivity contribution < 1.29 is 27.2 Å². The van der Waals surface area contributed by atoms with Gasteiger partial charge in [0.15, 0.2) is 0 Å². The van der Waals surface area contributed by atoms with Crippen LogP contribution in [-0.4, -0.2) is 31.6 Å². The molecule has 1 rings (SSSR count). The highest BCUT2D eigenvalue weighted by Crippen LogP contribution is 2.23. The molecule has 4 nitrogen and oxygen atoms in total. The zero-order valence-corrected chi connectivity index (χ0v) is 11.2. The molecule has 0 heterocycles. The third-order valence-electron chi connectivity index (χ3n) is 2.62. The van der Waals surface area contributed by atoms with E-state index >= 15 is 0 Å². The molecule has 1 N–H and O–H groups in total. The summed E-state index contributed by atoms with van der Waals surface area (Å²) < 4.78 is 49.7. The summed E-state index contributed by atoms with van der Waals surface area (Å²) in [6.07, 6.45) is -6.58. The SMILES string of the molecule is CNC(=O)CN(C(=O)CCC(F)(F)F)c1cccc(F)c1. The summed E-state index contributed by atoms with van der Waals surface area (Å²) in [5, 5.41) is 2.26. The second-order valence-corrected chi connectivity index (χ2v) is 4.25. The number of nitrogens with one attached hydrogen (secondary N) is 1. The number of hydrogen-bond acceptors (Lipinski definition) is 2. The van der Waals surface area contributed by atoms with E-state index in [9.17, 15) is 27.2 Å². The average molecular weight is 306 g/mol. The van der Waals surface area contributed by atoms with Gasteiger partial charge in [0.05, 0.1) is 6.42 Å². The van der Waals surface area contributed by atoms with Gasteiger partial charge in [-0.05, 0) is 18.2 Å². The highest BCUT2D eigenvalue weighted by molar-refractivity contribution is 5.98. The minimum Gasteiger partial charge on any atom is -0.358 e. The van der Waals surface area contributed by atoms with Gasteiger partial charge in [-0.15, -0.1) is 0 Å². The quantitative estimate of drug-likeness (QED) is 0.848. The molecule has 8 heteroatoms. The van der Waals surface area contributed by atoms with E-state index in [1.54, 1.807) is 0 Å². The van der Waals surface area contributed by atoms with Gasteiger partial charge in [0.2, 0.25) is 11.8 Å². The zero-order valence-electron chi connectivity index (χ0n) is 11.2. The van der Waals surface area contributed by atoms with Gasteiger partial charge in [-0.25, -0.2) is 4.39 Å². The fourth-order valence-electron chi connectivity index (χ4n) is 1.57. The first-order chi connectivity index (χ1) is 9.73. The lowest BCUT2D eigenvalue weighted by molar-refractivity contribution is -0.143. The molecular formula is C13H14F4N2O2. The summed E-state index contributed by atoms with van der Waals surface area (Å²) >= 11 is 0. The number of carbonyl (C=O) groups excluding carboxylic acids is 2. The molecule has 0 bridgehead atoms. The van der Waals surface area contributed by atoms with Crippen LogP contribution in [0.2, 0.25) is 0 Å². The highest BCUT2D eigenvalue weighted by Gasteiger charge is 2.30. The van der Waals surface area contributed by atoms with Gasteiger partial charge in [-0.2, -0.15) is 13.2 Å². The number of alkyl halides is 3. The number of halogens is 4. The van der Waals surface area contributed by atoms with Crippen LogP contribution in [0, 0.1) is 5.82 Å². The number of anilines is 1. The molecule has 0 saturated carbocycles. The van der Waals surface area contributed by atoms with Gasteiger partial charge in [0.1, 0.15) is 12.4 Å². The van der Waals surface area contributed by atoms with Gasteiger partial charge >= 0.3 is 6.18 Å².